The molecule has 4 rings (SSSR count). The van der Waals surface area contributed by atoms with Crippen LogP contribution in [0, 0.1) is 0 Å². The van der Waals surface area contributed by atoms with Crippen LogP contribution in [-0.4, -0.2) is 36.0 Å². The number of benzene rings is 1. The zero-order valence-electron chi connectivity index (χ0n) is 11.7. The predicted octanol–water partition coefficient (Wildman–Crippen LogP) is 1.47. The number of H-pyrrole nitrogens is 1. The lowest BCUT2D eigenvalue weighted by Crippen LogP contribution is -2.56. The van der Waals surface area contributed by atoms with E-state index in [-0.39, 0.29) is 0 Å². The van der Waals surface area contributed by atoms with Gasteiger partial charge in [-0.1, -0.05) is 29.2 Å². The summed E-state index contributed by atoms with van der Waals surface area (Å²) in [5.41, 5.74) is 3.21. The molecule has 1 fully saturated rings. The van der Waals surface area contributed by atoms with E-state index in [9.17, 15) is 5.11 Å². The number of nitrogens with one attached hydrogen (secondary N) is 2. The molecule has 3 aromatic rings. The first-order valence-electron chi connectivity index (χ1n) is 7.03. The highest BCUT2D eigenvalue weighted by Crippen LogP contribution is 2.35. The number of aliphatic hydroxyl groups is 1. The van der Waals surface area contributed by atoms with Gasteiger partial charge in [0.15, 0.2) is 0 Å². The fourth-order valence-electron chi connectivity index (χ4n) is 2.93. The van der Waals surface area contributed by atoms with Crippen molar-refractivity contribution in [3.8, 4) is 11.1 Å². The van der Waals surface area contributed by atoms with Gasteiger partial charge in [-0.2, -0.15) is 0 Å². The Kier molecular flexibility index (Phi) is 3.04. The summed E-state index contributed by atoms with van der Waals surface area (Å²) < 4.78 is 0. The van der Waals surface area contributed by atoms with Crippen molar-refractivity contribution >= 4 is 35.9 Å². The molecule has 1 aromatic carbocycles. The third kappa shape index (κ3) is 1.97. The van der Waals surface area contributed by atoms with Crippen LogP contribution < -0.4 is 10.8 Å². The minimum absolute atomic E-state index is 0.524. The van der Waals surface area contributed by atoms with Crippen LogP contribution in [0.25, 0.3) is 22.2 Å². The molecule has 1 aliphatic rings. The number of hydrogen-bond donors (Lipinski definition) is 3. The summed E-state index contributed by atoms with van der Waals surface area (Å²) in [5.74, 6) is 0. The minimum Gasteiger partial charge on any atom is -0.382 e. The van der Waals surface area contributed by atoms with E-state index in [4.69, 9.17) is 19.4 Å². The van der Waals surface area contributed by atoms with Gasteiger partial charge in [-0.25, -0.2) is 4.98 Å². The molecule has 108 valence electrons. The Labute approximate surface area is 133 Å². The second-order valence-electron chi connectivity index (χ2n) is 5.66. The first-order chi connectivity index (χ1) is 10.6. The summed E-state index contributed by atoms with van der Waals surface area (Å²) >= 11 is 6.40. The third-order valence-corrected chi connectivity index (χ3v) is 4.53. The Morgan fingerprint density at radius 3 is 2.77 bits per heavy atom. The molecular weight excluding hydrogens is 296 g/mol. The highest BCUT2D eigenvalue weighted by Gasteiger charge is 2.37. The third-order valence-electron chi connectivity index (χ3n) is 4.22. The Bertz CT molecular complexity index is 873. The fraction of sp³-hybridized carbons (Fsp3) is 0.188. The van der Waals surface area contributed by atoms with Gasteiger partial charge in [0.2, 0.25) is 0 Å². The van der Waals surface area contributed by atoms with Crippen molar-refractivity contribution < 1.29 is 5.11 Å². The molecule has 3 heterocycles. The summed E-state index contributed by atoms with van der Waals surface area (Å²) in [5, 5.41) is 14.9. The van der Waals surface area contributed by atoms with Gasteiger partial charge in [0, 0.05) is 35.3 Å². The van der Waals surface area contributed by atoms with E-state index in [0.717, 1.165) is 27.7 Å². The molecular formula is C16H13BClN3O. The van der Waals surface area contributed by atoms with E-state index in [0.29, 0.717) is 23.6 Å². The maximum Gasteiger partial charge on any atom is 0.137 e. The van der Waals surface area contributed by atoms with Crippen molar-refractivity contribution in [2.75, 3.05) is 13.1 Å². The highest BCUT2D eigenvalue weighted by molar-refractivity contribution is 6.40. The van der Waals surface area contributed by atoms with Gasteiger partial charge in [0.05, 0.1) is 0 Å². The number of halogens is 1. The van der Waals surface area contributed by atoms with E-state index < -0.39 is 5.60 Å². The van der Waals surface area contributed by atoms with Crippen LogP contribution in [0.5, 0.6) is 0 Å². The van der Waals surface area contributed by atoms with Crippen molar-refractivity contribution in [3.05, 3.63) is 47.2 Å². The molecule has 3 N–H and O–H groups in total. The lowest BCUT2D eigenvalue weighted by atomic mass is 9.86. The van der Waals surface area contributed by atoms with E-state index in [1.165, 1.54) is 0 Å². The Morgan fingerprint density at radius 1 is 1.27 bits per heavy atom. The normalized spacial score (nSPS) is 16.6. The first kappa shape index (κ1) is 13.8. The van der Waals surface area contributed by atoms with Gasteiger partial charge in [0.25, 0.3) is 0 Å². The molecule has 0 unspecified atom stereocenters. The summed E-state index contributed by atoms with van der Waals surface area (Å²) in [7, 11) is 6.03. The summed E-state index contributed by atoms with van der Waals surface area (Å²) in [6.07, 6.45) is 3.47. The number of aromatic nitrogens is 2. The molecule has 0 aliphatic carbocycles. The Balaban J connectivity index is 1.86. The second-order valence-corrected chi connectivity index (χ2v) is 6.06. The number of rotatable bonds is 2. The largest absolute Gasteiger partial charge is 0.382 e. The monoisotopic (exact) mass is 309 g/mol. The molecule has 2 radical (unpaired) electrons. The van der Waals surface area contributed by atoms with Crippen LogP contribution in [-0.2, 0) is 5.60 Å². The standard InChI is InChI=1S/C16H13BClN3O/c17-12-6-21-15-14(12)10(3-4-20-15)9-1-2-11(13(18)5-9)16(22)7-19-8-16/h1-6,19,22H,7-8H2,(H,20,21). The van der Waals surface area contributed by atoms with E-state index in [1.54, 1.807) is 12.4 Å². The van der Waals surface area contributed by atoms with Crippen molar-refractivity contribution in [2.24, 2.45) is 0 Å². The molecule has 0 atom stereocenters. The second kappa shape index (κ2) is 4.85. The Hall–Kier alpha value is -1.82. The zero-order valence-corrected chi connectivity index (χ0v) is 12.5. The van der Waals surface area contributed by atoms with Gasteiger partial charge in [0.1, 0.15) is 19.1 Å². The molecule has 22 heavy (non-hydrogen) atoms. The van der Waals surface area contributed by atoms with Gasteiger partial charge in [-0.3, -0.25) is 0 Å². The summed E-state index contributed by atoms with van der Waals surface area (Å²) in [6, 6.07) is 7.62. The van der Waals surface area contributed by atoms with Crippen molar-refractivity contribution in [3.63, 3.8) is 0 Å². The molecule has 2 aromatic heterocycles. The molecule has 0 amide bonds. The predicted molar refractivity (Wildman–Crippen MR) is 88.7 cm³/mol. The number of β-amino-alcohol motifs (C(OH)–C–C–N with tert-alkyl or cyclic N) is 1. The lowest BCUT2D eigenvalue weighted by molar-refractivity contribution is -0.0145. The van der Waals surface area contributed by atoms with Crippen LogP contribution in [0.15, 0.2) is 36.7 Å². The quantitative estimate of drug-likeness (QED) is 0.628. The van der Waals surface area contributed by atoms with Crippen LogP contribution >= 0.6 is 11.6 Å². The Morgan fingerprint density at radius 2 is 2.09 bits per heavy atom. The molecule has 1 aliphatic heterocycles. The number of aromatic amines is 1. The van der Waals surface area contributed by atoms with E-state index >= 15 is 0 Å². The minimum atomic E-state index is -0.865. The molecule has 4 nitrogen and oxygen atoms in total. The molecule has 0 spiro atoms. The number of fused-ring (bicyclic) bond motifs is 1. The van der Waals surface area contributed by atoms with Crippen molar-refractivity contribution in [2.45, 2.75) is 5.60 Å². The van der Waals surface area contributed by atoms with Gasteiger partial charge in [-0.05, 0) is 29.5 Å². The maximum atomic E-state index is 10.4. The van der Waals surface area contributed by atoms with Gasteiger partial charge in [-0.15, -0.1) is 0 Å². The smallest absolute Gasteiger partial charge is 0.137 e. The van der Waals surface area contributed by atoms with Gasteiger partial charge >= 0.3 is 0 Å². The first-order valence-corrected chi connectivity index (χ1v) is 7.41. The maximum absolute atomic E-state index is 10.4. The molecule has 6 heteroatoms. The van der Waals surface area contributed by atoms with Gasteiger partial charge < -0.3 is 15.4 Å². The topological polar surface area (TPSA) is 60.9 Å². The van der Waals surface area contributed by atoms with Crippen LogP contribution in [0.3, 0.4) is 0 Å². The van der Waals surface area contributed by atoms with Crippen molar-refractivity contribution in [1.29, 1.82) is 0 Å². The van der Waals surface area contributed by atoms with E-state index in [1.807, 2.05) is 24.3 Å². The van der Waals surface area contributed by atoms with E-state index in [2.05, 4.69) is 15.3 Å². The number of pyridine rings is 1. The SMILES string of the molecule is [B]c1c[nH]c2nccc(-c3ccc(C4(O)CNC4)c(Cl)c3)c12. The van der Waals surface area contributed by atoms with Crippen molar-refractivity contribution in [1.82, 2.24) is 15.3 Å². The molecule has 1 saturated heterocycles. The average Bonchev–Trinajstić information content (AvgIpc) is 2.86. The number of hydrogen-bond acceptors (Lipinski definition) is 3. The summed E-state index contributed by atoms with van der Waals surface area (Å²) in [4.78, 5) is 7.32. The molecule has 0 bridgehead atoms. The number of nitrogens with zero attached hydrogens (tertiary/aromatic N) is 1. The molecule has 0 saturated carbocycles. The summed E-state index contributed by atoms with van der Waals surface area (Å²) in [6.45, 7) is 1.05. The lowest BCUT2D eigenvalue weighted by Gasteiger charge is -2.38. The zero-order chi connectivity index (χ0) is 15.3. The fourth-order valence-corrected chi connectivity index (χ4v) is 3.29. The van der Waals surface area contributed by atoms with Crippen LogP contribution in [0.1, 0.15) is 5.56 Å². The van der Waals surface area contributed by atoms with Crippen LogP contribution in [0.2, 0.25) is 5.02 Å². The highest BCUT2D eigenvalue weighted by atomic mass is 35.5. The van der Waals surface area contributed by atoms with Crippen LogP contribution in [0.4, 0.5) is 0 Å². The average molecular weight is 310 g/mol.